The molecule has 0 saturated carbocycles. The fourth-order valence-corrected chi connectivity index (χ4v) is 4.33. The standard InChI is InChI=1S/C23H20F3N3S2/c1-15(2)11-16-7-9-17(10-8-16)20-14-30-22(29-20)18(12-27)13-28-19-5-3-4-6-21(19)31-23(24,25)26/h3-10,13-15,28H,11H2,1-2H3/b18-13+. The molecule has 0 spiro atoms. The fourth-order valence-electron chi connectivity index (χ4n) is 2.90. The lowest BCUT2D eigenvalue weighted by Crippen LogP contribution is -2.01. The zero-order chi connectivity index (χ0) is 22.4. The number of para-hydroxylation sites is 1. The highest BCUT2D eigenvalue weighted by molar-refractivity contribution is 8.00. The molecule has 0 radical (unpaired) electrons. The monoisotopic (exact) mass is 459 g/mol. The van der Waals surface area contributed by atoms with Gasteiger partial charge in [0.05, 0.1) is 11.4 Å². The molecule has 1 heterocycles. The van der Waals surface area contributed by atoms with E-state index in [9.17, 15) is 18.4 Å². The Labute approximate surface area is 187 Å². The summed E-state index contributed by atoms with van der Waals surface area (Å²) in [6, 6.07) is 16.3. The van der Waals surface area contributed by atoms with Crippen molar-refractivity contribution in [2.75, 3.05) is 5.32 Å². The summed E-state index contributed by atoms with van der Waals surface area (Å²) < 4.78 is 38.3. The second-order valence-corrected chi connectivity index (χ2v) is 9.16. The maximum absolute atomic E-state index is 12.8. The first-order valence-corrected chi connectivity index (χ1v) is 11.2. The number of nitrogens with zero attached hydrogens (tertiary/aromatic N) is 2. The minimum absolute atomic E-state index is 0.0323. The molecule has 8 heteroatoms. The Morgan fingerprint density at radius 3 is 2.55 bits per heavy atom. The van der Waals surface area contributed by atoms with Gasteiger partial charge in [0, 0.05) is 22.0 Å². The molecule has 1 aromatic heterocycles. The van der Waals surface area contributed by atoms with Crippen LogP contribution in [0.2, 0.25) is 0 Å². The summed E-state index contributed by atoms with van der Waals surface area (Å²) in [4.78, 5) is 4.57. The first-order valence-electron chi connectivity index (χ1n) is 9.52. The van der Waals surface area contributed by atoms with Crippen molar-refractivity contribution in [3.05, 3.63) is 70.7 Å². The van der Waals surface area contributed by atoms with Crippen molar-refractivity contribution in [3.8, 4) is 17.3 Å². The summed E-state index contributed by atoms with van der Waals surface area (Å²) in [7, 11) is 0. The van der Waals surface area contributed by atoms with Crippen LogP contribution in [-0.4, -0.2) is 10.5 Å². The molecule has 0 aliphatic carbocycles. The molecule has 0 fully saturated rings. The van der Waals surface area contributed by atoms with E-state index in [1.807, 2.05) is 17.5 Å². The Morgan fingerprint density at radius 1 is 1.19 bits per heavy atom. The van der Waals surface area contributed by atoms with E-state index in [1.165, 1.54) is 41.3 Å². The van der Waals surface area contributed by atoms with Gasteiger partial charge in [-0.15, -0.1) is 11.3 Å². The van der Waals surface area contributed by atoms with Crippen LogP contribution in [0.3, 0.4) is 0 Å². The van der Waals surface area contributed by atoms with Gasteiger partial charge in [-0.25, -0.2) is 4.98 Å². The van der Waals surface area contributed by atoms with Gasteiger partial charge < -0.3 is 5.32 Å². The van der Waals surface area contributed by atoms with Gasteiger partial charge in [0.1, 0.15) is 16.6 Å². The van der Waals surface area contributed by atoms with E-state index in [1.54, 1.807) is 6.07 Å². The van der Waals surface area contributed by atoms with Gasteiger partial charge in [-0.3, -0.25) is 0 Å². The van der Waals surface area contributed by atoms with Crippen LogP contribution in [0.4, 0.5) is 18.9 Å². The first-order chi connectivity index (χ1) is 14.7. The van der Waals surface area contributed by atoms with Gasteiger partial charge >= 0.3 is 5.51 Å². The smallest absolute Gasteiger partial charge is 0.359 e. The number of halogens is 3. The molecule has 0 aliphatic heterocycles. The number of anilines is 1. The summed E-state index contributed by atoms with van der Waals surface area (Å²) in [6.07, 6.45) is 2.40. The highest BCUT2D eigenvalue weighted by atomic mass is 32.2. The van der Waals surface area contributed by atoms with Crippen LogP contribution in [-0.2, 0) is 6.42 Å². The zero-order valence-electron chi connectivity index (χ0n) is 16.9. The number of thiazole rings is 1. The molecule has 2 aromatic carbocycles. The van der Waals surface area contributed by atoms with E-state index >= 15 is 0 Å². The molecule has 0 unspecified atom stereocenters. The number of nitriles is 1. The molecule has 0 saturated heterocycles. The number of alkyl halides is 3. The average molecular weight is 460 g/mol. The van der Waals surface area contributed by atoms with Crippen LogP contribution in [0, 0.1) is 17.2 Å². The molecule has 3 aromatic rings. The molecule has 31 heavy (non-hydrogen) atoms. The number of nitrogens with one attached hydrogen (secondary N) is 1. The average Bonchev–Trinajstić information content (AvgIpc) is 3.18. The van der Waals surface area contributed by atoms with Crippen LogP contribution < -0.4 is 5.32 Å². The van der Waals surface area contributed by atoms with Gasteiger partial charge in [0.2, 0.25) is 0 Å². The largest absolute Gasteiger partial charge is 0.446 e. The van der Waals surface area contributed by atoms with Crippen LogP contribution in [0.1, 0.15) is 24.4 Å². The Balaban J connectivity index is 1.78. The minimum atomic E-state index is -4.39. The quantitative estimate of drug-likeness (QED) is 0.292. The van der Waals surface area contributed by atoms with Crippen molar-refractivity contribution in [3.63, 3.8) is 0 Å². The predicted molar refractivity (Wildman–Crippen MR) is 122 cm³/mol. The SMILES string of the molecule is CC(C)Cc1ccc(-c2csc(/C(C#N)=C/Nc3ccccc3SC(F)(F)F)n2)cc1. The van der Waals surface area contributed by atoms with Crippen molar-refractivity contribution in [2.45, 2.75) is 30.7 Å². The molecular formula is C23H20F3N3S2. The number of aromatic nitrogens is 1. The topological polar surface area (TPSA) is 48.7 Å². The lowest BCUT2D eigenvalue weighted by molar-refractivity contribution is -0.0327. The van der Waals surface area contributed by atoms with Crippen LogP contribution in [0.25, 0.3) is 16.8 Å². The lowest BCUT2D eigenvalue weighted by Gasteiger charge is -2.10. The second-order valence-electron chi connectivity index (χ2n) is 7.19. The summed E-state index contributed by atoms with van der Waals surface area (Å²) in [5.41, 5.74) is -0.910. The predicted octanol–water partition coefficient (Wildman–Crippen LogP) is 7.60. The highest BCUT2D eigenvalue weighted by Gasteiger charge is 2.30. The zero-order valence-corrected chi connectivity index (χ0v) is 18.5. The Hall–Kier alpha value is -2.76. The van der Waals surface area contributed by atoms with Gasteiger partial charge in [-0.1, -0.05) is 50.2 Å². The van der Waals surface area contributed by atoms with Gasteiger partial charge in [-0.2, -0.15) is 18.4 Å². The first kappa shape index (κ1) is 22.9. The number of hydrogen-bond acceptors (Lipinski definition) is 5. The summed E-state index contributed by atoms with van der Waals surface area (Å²) in [5, 5.41) is 14.7. The molecule has 1 N–H and O–H groups in total. The van der Waals surface area contributed by atoms with Crippen molar-refractivity contribution < 1.29 is 13.2 Å². The maximum Gasteiger partial charge on any atom is 0.446 e. The molecule has 3 nitrogen and oxygen atoms in total. The van der Waals surface area contributed by atoms with Crippen molar-refractivity contribution in [1.82, 2.24) is 4.98 Å². The number of rotatable bonds is 7. The molecule has 3 rings (SSSR count). The van der Waals surface area contributed by atoms with Crippen LogP contribution in [0.5, 0.6) is 0 Å². The van der Waals surface area contributed by atoms with E-state index in [-0.39, 0.29) is 27.9 Å². The molecule has 0 amide bonds. The van der Waals surface area contributed by atoms with Gasteiger partial charge in [0.25, 0.3) is 0 Å². The van der Waals surface area contributed by atoms with E-state index in [0.29, 0.717) is 10.9 Å². The summed E-state index contributed by atoms with van der Waals surface area (Å²) in [5.74, 6) is 0.576. The Morgan fingerprint density at radius 2 is 1.90 bits per heavy atom. The summed E-state index contributed by atoms with van der Waals surface area (Å²) in [6.45, 7) is 4.34. The van der Waals surface area contributed by atoms with Crippen molar-refractivity contribution in [1.29, 1.82) is 5.26 Å². The fraction of sp³-hybridized carbons (Fsp3) is 0.217. The number of allylic oxidation sites excluding steroid dienone is 1. The third-order valence-electron chi connectivity index (χ3n) is 4.23. The van der Waals surface area contributed by atoms with E-state index < -0.39 is 5.51 Å². The second kappa shape index (κ2) is 10.0. The Kier molecular flexibility index (Phi) is 7.42. The van der Waals surface area contributed by atoms with Crippen molar-refractivity contribution in [2.24, 2.45) is 5.92 Å². The Bertz CT molecular complexity index is 1090. The van der Waals surface area contributed by atoms with E-state index in [4.69, 9.17) is 0 Å². The number of thioether (sulfide) groups is 1. The van der Waals surface area contributed by atoms with E-state index in [0.717, 1.165) is 17.7 Å². The normalized spacial score (nSPS) is 12.1. The summed E-state index contributed by atoms with van der Waals surface area (Å²) >= 11 is 1.11. The van der Waals surface area contributed by atoms with Crippen molar-refractivity contribution >= 4 is 34.4 Å². The van der Waals surface area contributed by atoms with Crippen LogP contribution >= 0.6 is 23.1 Å². The molecule has 0 aliphatic rings. The lowest BCUT2D eigenvalue weighted by atomic mass is 10.0. The van der Waals surface area contributed by atoms with Crippen LogP contribution in [0.15, 0.2) is 65.0 Å². The minimum Gasteiger partial charge on any atom is -0.359 e. The third-order valence-corrected chi connectivity index (χ3v) is 5.92. The third kappa shape index (κ3) is 6.61. The highest BCUT2D eigenvalue weighted by Crippen LogP contribution is 2.40. The molecule has 160 valence electrons. The van der Waals surface area contributed by atoms with Gasteiger partial charge in [0.15, 0.2) is 0 Å². The molecule has 0 bridgehead atoms. The van der Waals surface area contributed by atoms with Gasteiger partial charge in [-0.05, 0) is 41.8 Å². The number of hydrogen-bond donors (Lipinski definition) is 1. The van der Waals surface area contributed by atoms with E-state index in [2.05, 4.69) is 42.4 Å². The number of benzene rings is 2. The molecular weight excluding hydrogens is 439 g/mol. The molecule has 0 atom stereocenters. The maximum atomic E-state index is 12.8.